The van der Waals surface area contributed by atoms with E-state index in [1.165, 1.54) is 25.1 Å². The summed E-state index contributed by atoms with van der Waals surface area (Å²) >= 11 is 0. The van der Waals surface area contributed by atoms with E-state index in [0.29, 0.717) is 31.0 Å². The fourth-order valence-corrected chi connectivity index (χ4v) is 4.36. The summed E-state index contributed by atoms with van der Waals surface area (Å²) in [6, 6.07) is 9.54. The highest BCUT2D eigenvalue weighted by molar-refractivity contribution is 7.89. The zero-order valence-corrected chi connectivity index (χ0v) is 17.0. The third-order valence-electron chi connectivity index (χ3n) is 4.97. The first kappa shape index (κ1) is 21.0. The van der Waals surface area contributed by atoms with Gasteiger partial charge in [0.1, 0.15) is 5.76 Å². The van der Waals surface area contributed by atoms with Crippen LogP contribution in [0.1, 0.15) is 35.9 Å². The van der Waals surface area contributed by atoms with Crippen LogP contribution >= 0.6 is 0 Å². The molecule has 1 saturated heterocycles. The second-order valence-electron chi connectivity index (χ2n) is 7.05. The van der Waals surface area contributed by atoms with Crippen molar-refractivity contribution in [3.8, 4) is 0 Å². The number of carbonyl (C=O) groups excluding carboxylic acids is 2. The standard InChI is InChI=1S/C21H24N2O5S/c1-16(24)18-4-2-6-20(14-18)29(26,27)22-15-17-9-11-23(12-10-17)21(25)8-7-19-5-3-13-28-19/h2-8,13-14,17,22H,9-12,15H2,1H3. The molecule has 0 bridgehead atoms. The monoisotopic (exact) mass is 416 g/mol. The number of hydrogen-bond acceptors (Lipinski definition) is 5. The van der Waals surface area contributed by atoms with Gasteiger partial charge < -0.3 is 9.32 Å². The minimum Gasteiger partial charge on any atom is -0.465 e. The van der Waals surface area contributed by atoms with E-state index in [4.69, 9.17) is 4.42 Å². The molecule has 0 unspecified atom stereocenters. The van der Waals surface area contributed by atoms with Gasteiger partial charge in [0.25, 0.3) is 0 Å². The maximum Gasteiger partial charge on any atom is 0.246 e. The van der Waals surface area contributed by atoms with E-state index >= 15 is 0 Å². The smallest absolute Gasteiger partial charge is 0.246 e. The van der Waals surface area contributed by atoms with Gasteiger partial charge in [-0.3, -0.25) is 9.59 Å². The first-order chi connectivity index (χ1) is 13.8. The lowest BCUT2D eigenvalue weighted by atomic mass is 9.97. The van der Waals surface area contributed by atoms with Gasteiger partial charge in [0.15, 0.2) is 5.78 Å². The minimum absolute atomic E-state index is 0.0820. The van der Waals surface area contributed by atoms with Crippen LogP contribution in [0.4, 0.5) is 0 Å². The Labute approximate surface area is 170 Å². The van der Waals surface area contributed by atoms with Crippen LogP contribution in [-0.2, 0) is 14.8 Å². The third-order valence-corrected chi connectivity index (χ3v) is 6.39. The van der Waals surface area contributed by atoms with Crippen molar-refractivity contribution in [1.29, 1.82) is 0 Å². The topological polar surface area (TPSA) is 96.7 Å². The molecule has 1 N–H and O–H groups in total. The Morgan fingerprint density at radius 2 is 1.97 bits per heavy atom. The average molecular weight is 416 g/mol. The molecule has 7 nitrogen and oxygen atoms in total. The average Bonchev–Trinajstić information content (AvgIpc) is 3.25. The van der Waals surface area contributed by atoms with Gasteiger partial charge in [-0.05, 0) is 56.0 Å². The van der Waals surface area contributed by atoms with E-state index in [0.717, 1.165) is 12.8 Å². The number of carbonyl (C=O) groups is 2. The van der Waals surface area contributed by atoms with Gasteiger partial charge in [0.2, 0.25) is 15.9 Å². The molecule has 0 atom stereocenters. The van der Waals surface area contributed by atoms with Crippen LogP contribution in [0.5, 0.6) is 0 Å². The largest absolute Gasteiger partial charge is 0.465 e. The van der Waals surface area contributed by atoms with Gasteiger partial charge in [0, 0.05) is 31.3 Å². The highest BCUT2D eigenvalue weighted by atomic mass is 32.2. The normalized spacial score (nSPS) is 15.7. The number of furan rings is 1. The molecule has 0 radical (unpaired) electrons. The number of hydrogen-bond donors (Lipinski definition) is 1. The predicted octanol–water partition coefficient (Wildman–Crippen LogP) is 2.71. The summed E-state index contributed by atoms with van der Waals surface area (Å²) in [6.07, 6.45) is 6.11. The van der Waals surface area contributed by atoms with Crippen LogP contribution in [-0.4, -0.2) is 44.6 Å². The number of Topliss-reactive ketones (excluding diaryl/α,β-unsaturated/α-hetero) is 1. The second-order valence-corrected chi connectivity index (χ2v) is 8.82. The lowest BCUT2D eigenvalue weighted by molar-refractivity contribution is -0.127. The van der Waals surface area contributed by atoms with Gasteiger partial charge in [-0.15, -0.1) is 0 Å². The Hall–Kier alpha value is -2.71. The van der Waals surface area contributed by atoms with Crippen molar-refractivity contribution in [3.63, 3.8) is 0 Å². The molecule has 1 amide bonds. The van der Waals surface area contributed by atoms with E-state index in [-0.39, 0.29) is 22.5 Å². The number of nitrogens with one attached hydrogen (secondary N) is 1. The fourth-order valence-electron chi connectivity index (χ4n) is 3.20. The van der Waals surface area contributed by atoms with Crippen molar-refractivity contribution in [2.24, 2.45) is 5.92 Å². The van der Waals surface area contributed by atoms with Gasteiger partial charge >= 0.3 is 0 Å². The maximum absolute atomic E-state index is 12.5. The van der Waals surface area contributed by atoms with Crippen molar-refractivity contribution < 1.29 is 22.4 Å². The summed E-state index contributed by atoms with van der Waals surface area (Å²) in [4.78, 5) is 25.6. The van der Waals surface area contributed by atoms with Crippen molar-refractivity contribution in [2.45, 2.75) is 24.7 Å². The molecule has 1 aliphatic heterocycles. The van der Waals surface area contributed by atoms with Crippen molar-refractivity contribution >= 4 is 27.8 Å². The van der Waals surface area contributed by atoms with Gasteiger partial charge in [-0.25, -0.2) is 13.1 Å². The van der Waals surface area contributed by atoms with Gasteiger partial charge in [0.05, 0.1) is 11.2 Å². The summed E-state index contributed by atoms with van der Waals surface area (Å²) in [6.45, 7) is 2.86. The van der Waals surface area contributed by atoms with Crippen LogP contribution in [0.15, 0.2) is 58.1 Å². The van der Waals surface area contributed by atoms with Crippen LogP contribution in [0, 0.1) is 5.92 Å². The molecule has 0 saturated carbocycles. The lowest BCUT2D eigenvalue weighted by Gasteiger charge is -2.31. The second kappa shape index (κ2) is 9.19. The molecular formula is C21H24N2O5S. The molecule has 1 aliphatic rings. The summed E-state index contributed by atoms with van der Waals surface area (Å²) in [5, 5.41) is 0. The first-order valence-electron chi connectivity index (χ1n) is 9.46. The summed E-state index contributed by atoms with van der Waals surface area (Å²) < 4.78 is 32.8. The van der Waals surface area contributed by atoms with Gasteiger partial charge in [-0.2, -0.15) is 0 Å². The zero-order chi connectivity index (χ0) is 20.9. The number of amides is 1. The molecule has 8 heteroatoms. The van der Waals surface area contributed by atoms with Crippen molar-refractivity contribution in [3.05, 3.63) is 60.1 Å². The molecule has 1 aromatic heterocycles. The quantitative estimate of drug-likeness (QED) is 0.553. The number of sulfonamides is 1. The Morgan fingerprint density at radius 1 is 1.21 bits per heavy atom. The van der Waals surface area contributed by atoms with E-state index in [1.807, 2.05) is 0 Å². The summed E-state index contributed by atoms with van der Waals surface area (Å²) in [5.74, 6) is 0.511. The van der Waals surface area contributed by atoms with Crippen LogP contribution in [0.3, 0.4) is 0 Å². The van der Waals surface area contributed by atoms with Crippen LogP contribution < -0.4 is 4.72 Å². The number of ketones is 1. The maximum atomic E-state index is 12.5. The Kier molecular flexibility index (Phi) is 6.66. The number of likely N-dealkylation sites (tertiary alicyclic amines) is 1. The molecule has 154 valence electrons. The van der Waals surface area contributed by atoms with E-state index in [1.54, 1.807) is 41.5 Å². The Morgan fingerprint density at radius 3 is 2.62 bits per heavy atom. The van der Waals surface area contributed by atoms with Crippen molar-refractivity contribution in [2.75, 3.05) is 19.6 Å². The minimum atomic E-state index is -3.68. The van der Waals surface area contributed by atoms with E-state index < -0.39 is 10.0 Å². The van der Waals surface area contributed by atoms with E-state index in [2.05, 4.69) is 4.72 Å². The van der Waals surface area contributed by atoms with E-state index in [9.17, 15) is 18.0 Å². The number of piperidine rings is 1. The highest BCUT2D eigenvalue weighted by Crippen LogP contribution is 2.19. The molecular weight excluding hydrogens is 392 g/mol. The first-order valence-corrected chi connectivity index (χ1v) is 10.9. The van der Waals surface area contributed by atoms with Crippen LogP contribution in [0.2, 0.25) is 0 Å². The van der Waals surface area contributed by atoms with Crippen LogP contribution in [0.25, 0.3) is 6.08 Å². The number of nitrogens with zero attached hydrogens (tertiary/aromatic N) is 1. The molecule has 1 aromatic carbocycles. The van der Waals surface area contributed by atoms with Crippen molar-refractivity contribution in [1.82, 2.24) is 9.62 Å². The molecule has 3 rings (SSSR count). The Bertz CT molecular complexity index is 988. The highest BCUT2D eigenvalue weighted by Gasteiger charge is 2.24. The number of rotatable bonds is 7. The molecule has 2 heterocycles. The SMILES string of the molecule is CC(=O)c1cccc(S(=O)(=O)NCC2CCN(C(=O)C=Cc3ccco3)CC2)c1. The number of benzene rings is 1. The third kappa shape index (κ3) is 5.65. The molecule has 2 aromatic rings. The lowest BCUT2D eigenvalue weighted by Crippen LogP contribution is -2.40. The molecule has 1 fully saturated rings. The molecule has 0 aliphatic carbocycles. The molecule has 29 heavy (non-hydrogen) atoms. The fraction of sp³-hybridized carbons (Fsp3) is 0.333. The van der Waals surface area contributed by atoms with Gasteiger partial charge in [-0.1, -0.05) is 12.1 Å². The summed E-state index contributed by atoms with van der Waals surface area (Å²) in [7, 11) is -3.68. The molecule has 0 spiro atoms. The predicted molar refractivity (Wildman–Crippen MR) is 109 cm³/mol. The summed E-state index contributed by atoms with van der Waals surface area (Å²) in [5.41, 5.74) is 0.363. The zero-order valence-electron chi connectivity index (χ0n) is 16.2. The Balaban J connectivity index is 1.50.